The fourth-order valence-electron chi connectivity index (χ4n) is 2.96. The molecular formula is C19H17F2N3O6. The first-order valence-corrected chi connectivity index (χ1v) is 8.88. The average molecular weight is 421 g/mol. The Kier molecular flexibility index (Phi) is 6.09. The van der Waals surface area contributed by atoms with Crippen molar-refractivity contribution >= 4 is 28.4 Å². The maximum atomic E-state index is 12.4. The Labute approximate surface area is 168 Å². The summed E-state index contributed by atoms with van der Waals surface area (Å²) in [4.78, 5) is 34.4. The number of ether oxygens (including phenoxy) is 1. The van der Waals surface area contributed by atoms with E-state index in [2.05, 4.69) is 10.1 Å². The first-order valence-electron chi connectivity index (χ1n) is 8.88. The Morgan fingerprint density at radius 2 is 2.10 bits per heavy atom. The zero-order chi connectivity index (χ0) is 21.8. The van der Waals surface area contributed by atoms with Crippen molar-refractivity contribution in [2.75, 3.05) is 5.32 Å². The van der Waals surface area contributed by atoms with E-state index >= 15 is 0 Å². The molecule has 0 spiro atoms. The Morgan fingerprint density at radius 3 is 2.80 bits per heavy atom. The molecule has 0 atom stereocenters. The Hall–Kier alpha value is -3.76. The van der Waals surface area contributed by atoms with Gasteiger partial charge in [-0.25, -0.2) is 4.79 Å². The van der Waals surface area contributed by atoms with Gasteiger partial charge in [0.05, 0.1) is 16.5 Å². The molecule has 2 aromatic carbocycles. The van der Waals surface area contributed by atoms with E-state index < -0.39 is 17.3 Å². The maximum absolute atomic E-state index is 12.4. The molecule has 0 unspecified atom stereocenters. The van der Waals surface area contributed by atoms with Gasteiger partial charge in [-0.1, -0.05) is 6.07 Å². The van der Waals surface area contributed by atoms with Crippen LogP contribution in [0.25, 0.3) is 11.1 Å². The minimum absolute atomic E-state index is 0.0340. The fraction of sp³-hybridized carbons (Fsp3) is 0.263. The van der Waals surface area contributed by atoms with Crippen molar-refractivity contribution in [1.82, 2.24) is 4.57 Å². The number of aromatic nitrogens is 1. The third-order valence-corrected chi connectivity index (χ3v) is 4.42. The second kappa shape index (κ2) is 8.72. The van der Waals surface area contributed by atoms with Gasteiger partial charge in [0, 0.05) is 30.3 Å². The number of nitrogens with one attached hydrogen (secondary N) is 1. The summed E-state index contributed by atoms with van der Waals surface area (Å²) >= 11 is 0. The molecule has 0 saturated heterocycles. The van der Waals surface area contributed by atoms with Crippen molar-refractivity contribution in [3.8, 4) is 5.75 Å². The van der Waals surface area contributed by atoms with Crippen LogP contribution in [0.3, 0.4) is 0 Å². The van der Waals surface area contributed by atoms with Crippen LogP contribution < -0.4 is 15.8 Å². The van der Waals surface area contributed by atoms with E-state index in [0.29, 0.717) is 16.8 Å². The molecule has 0 fully saturated rings. The lowest BCUT2D eigenvalue weighted by Gasteiger charge is -2.13. The van der Waals surface area contributed by atoms with Crippen LogP contribution in [0.5, 0.6) is 5.75 Å². The minimum Gasteiger partial charge on any atom is -0.434 e. The molecule has 3 aromatic rings. The fourth-order valence-corrected chi connectivity index (χ4v) is 2.96. The number of anilines is 1. The van der Waals surface area contributed by atoms with Gasteiger partial charge in [-0.2, -0.15) is 8.78 Å². The SMILES string of the molecule is Cc1c(NC(=O)CCCn2c(=O)oc3cc([N+](=O)[O-])ccc32)cccc1OC(F)F. The highest BCUT2D eigenvalue weighted by Gasteiger charge is 2.15. The van der Waals surface area contributed by atoms with E-state index in [9.17, 15) is 28.5 Å². The van der Waals surface area contributed by atoms with Crippen molar-refractivity contribution < 1.29 is 27.7 Å². The Bertz CT molecular complexity index is 1150. The van der Waals surface area contributed by atoms with Crippen LogP contribution in [0.2, 0.25) is 0 Å². The molecule has 0 aliphatic heterocycles. The number of nitro groups is 1. The topological polar surface area (TPSA) is 117 Å². The number of alkyl halides is 2. The van der Waals surface area contributed by atoms with Crippen molar-refractivity contribution in [2.45, 2.75) is 32.9 Å². The highest BCUT2D eigenvalue weighted by molar-refractivity contribution is 5.91. The molecule has 1 aromatic heterocycles. The monoisotopic (exact) mass is 421 g/mol. The van der Waals surface area contributed by atoms with Crippen LogP contribution >= 0.6 is 0 Å². The number of fused-ring (bicyclic) bond motifs is 1. The molecule has 1 N–H and O–H groups in total. The summed E-state index contributed by atoms with van der Waals surface area (Å²) in [5, 5.41) is 13.4. The molecule has 0 radical (unpaired) electrons. The van der Waals surface area contributed by atoms with Gasteiger partial charge in [-0.3, -0.25) is 19.5 Å². The number of amides is 1. The molecule has 0 aliphatic carbocycles. The normalized spacial score (nSPS) is 11.1. The second-order valence-corrected chi connectivity index (χ2v) is 6.39. The van der Waals surface area contributed by atoms with E-state index in [1.54, 1.807) is 13.0 Å². The lowest BCUT2D eigenvalue weighted by Crippen LogP contribution is -2.17. The number of carbonyl (C=O) groups excluding carboxylic acids is 1. The summed E-state index contributed by atoms with van der Waals surface area (Å²) < 4.78 is 35.6. The quantitative estimate of drug-likeness (QED) is 0.436. The lowest BCUT2D eigenvalue weighted by atomic mass is 10.1. The van der Waals surface area contributed by atoms with Gasteiger partial charge < -0.3 is 14.5 Å². The zero-order valence-electron chi connectivity index (χ0n) is 15.8. The molecule has 0 aliphatic rings. The predicted molar refractivity (Wildman–Crippen MR) is 103 cm³/mol. The molecular weight excluding hydrogens is 404 g/mol. The predicted octanol–water partition coefficient (Wildman–Crippen LogP) is 3.83. The number of hydrogen-bond donors (Lipinski definition) is 1. The number of hydrogen-bond acceptors (Lipinski definition) is 6. The van der Waals surface area contributed by atoms with E-state index in [1.165, 1.54) is 28.8 Å². The number of non-ortho nitro benzene ring substituents is 1. The van der Waals surface area contributed by atoms with Crippen molar-refractivity contribution in [3.63, 3.8) is 0 Å². The molecule has 158 valence electrons. The molecule has 0 saturated carbocycles. The molecule has 0 bridgehead atoms. The smallest absolute Gasteiger partial charge is 0.419 e. The molecule has 3 rings (SSSR count). The van der Waals surface area contributed by atoms with Crippen LogP contribution in [0.4, 0.5) is 20.2 Å². The first kappa shape index (κ1) is 21.0. The van der Waals surface area contributed by atoms with E-state index in [4.69, 9.17) is 4.42 Å². The summed E-state index contributed by atoms with van der Waals surface area (Å²) in [5.41, 5.74) is 0.987. The lowest BCUT2D eigenvalue weighted by molar-refractivity contribution is -0.384. The van der Waals surface area contributed by atoms with Gasteiger partial charge >= 0.3 is 12.4 Å². The van der Waals surface area contributed by atoms with Gasteiger partial charge in [-0.05, 0) is 31.5 Å². The van der Waals surface area contributed by atoms with Crippen LogP contribution in [0, 0.1) is 17.0 Å². The van der Waals surface area contributed by atoms with Crippen molar-refractivity contribution in [1.29, 1.82) is 0 Å². The van der Waals surface area contributed by atoms with Crippen LogP contribution in [0.1, 0.15) is 18.4 Å². The number of halogens is 2. The number of benzene rings is 2. The van der Waals surface area contributed by atoms with Gasteiger partial charge in [0.1, 0.15) is 5.75 Å². The van der Waals surface area contributed by atoms with Crippen LogP contribution in [0.15, 0.2) is 45.6 Å². The zero-order valence-corrected chi connectivity index (χ0v) is 15.8. The Balaban J connectivity index is 1.63. The Morgan fingerprint density at radius 1 is 1.33 bits per heavy atom. The summed E-state index contributed by atoms with van der Waals surface area (Å²) in [5.74, 6) is -1.09. The first-order chi connectivity index (χ1) is 14.3. The van der Waals surface area contributed by atoms with Crippen LogP contribution in [-0.2, 0) is 11.3 Å². The van der Waals surface area contributed by atoms with Gasteiger partial charge in [0.2, 0.25) is 5.91 Å². The van der Waals surface area contributed by atoms with Crippen molar-refractivity contribution in [3.05, 3.63) is 62.6 Å². The summed E-state index contributed by atoms with van der Waals surface area (Å²) in [6.07, 6.45) is 0.328. The van der Waals surface area contributed by atoms with E-state index in [0.717, 1.165) is 6.07 Å². The van der Waals surface area contributed by atoms with Gasteiger partial charge in [0.25, 0.3) is 5.69 Å². The third kappa shape index (κ3) is 4.62. The highest BCUT2D eigenvalue weighted by atomic mass is 19.3. The third-order valence-electron chi connectivity index (χ3n) is 4.42. The van der Waals surface area contributed by atoms with E-state index in [-0.39, 0.29) is 42.3 Å². The summed E-state index contributed by atoms with van der Waals surface area (Å²) in [7, 11) is 0. The van der Waals surface area contributed by atoms with Gasteiger partial charge in [0.15, 0.2) is 5.58 Å². The summed E-state index contributed by atoms with van der Waals surface area (Å²) in [6, 6.07) is 8.26. The van der Waals surface area contributed by atoms with Crippen LogP contribution in [-0.4, -0.2) is 22.0 Å². The second-order valence-electron chi connectivity index (χ2n) is 6.39. The number of rotatable bonds is 8. The summed E-state index contributed by atoms with van der Waals surface area (Å²) in [6.45, 7) is -1.27. The molecule has 9 nitrogen and oxygen atoms in total. The molecule has 1 heterocycles. The molecule has 1 amide bonds. The number of nitrogens with zero attached hydrogens (tertiary/aromatic N) is 2. The van der Waals surface area contributed by atoms with Gasteiger partial charge in [-0.15, -0.1) is 0 Å². The number of oxazole rings is 1. The molecule has 30 heavy (non-hydrogen) atoms. The van der Waals surface area contributed by atoms with E-state index in [1.807, 2.05) is 0 Å². The largest absolute Gasteiger partial charge is 0.434 e. The maximum Gasteiger partial charge on any atom is 0.419 e. The number of carbonyl (C=O) groups is 1. The standard InChI is InChI=1S/C19H17F2N3O6/c1-11-13(4-2-5-15(11)29-18(20)21)22-17(25)6-3-9-23-14-8-7-12(24(27)28)10-16(14)30-19(23)26/h2,4-5,7-8,10,18H,3,6,9H2,1H3,(H,22,25). The highest BCUT2D eigenvalue weighted by Crippen LogP contribution is 2.27. The minimum atomic E-state index is -2.97. The average Bonchev–Trinajstić information content (AvgIpc) is 2.99. The molecule has 11 heteroatoms. The number of nitro benzene ring substituents is 1. The number of aryl methyl sites for hydroxylation is 1. The van der Waals surface area contributed by atoms with Crippen molar-refractivity contribution in [2.24, 2.45) is 0 Å².